The van der Waals surface area contributed by atoms with Crippen molar-refractivity contribution < 1.29 is 19.1 Å². The van der Waals surface area contributed by atoms with E-state index in [1.807, 2.05) is 6.07 Å². The molecule has 1 N–H and O–H groups in total. The molecule has 3 aromatic carbocycles. The quantitative estimate of drug-likeness (QED) is 0.658. The average Bonchev–Trinajstić information content (AvgIpc) is 2.74. The van der Waals surface area contributed by atoms with Gasteiger partial charge in [0.25, 0.3) is 5.91 Å². The first-order chi connectivity index (χ1) is 13.6. The van der Waals surface area contributed by atoms with Gasteiger partial charge in [-0.3, -0.25) is 9.59 Å². The number of carbonyl (C=O) groups excluding carboxylic acids is 2. The number of hydrogen-bond donors (Lipinski definition) is 1. The van der Waals surface area contributed by atoms with E-state index in [1.54, 1.807) is 60.7 Å². The number of fused-ring (bicyclic) bond motifs is 1. The predicted molar refractivity (Wildman–Crippen MR) is 107 cm³/mol. The topological polar surface area (TPSA) is 64.6 Å². The van der Waals surface area contributed by atoms with E-state index in [1.165, 1.54) is 0 Å². The maximum Gasteiger partial charge on any atom is 0.256 e. The molecule has 3 aromatic rings. The highest BCUT2D eigenvalue weighted by Crippen LogP contribution is 2.38. The Morgan fingerprint density at radius 1 is 0.821 bits per heavy atom. The number of ether oxygens (including phenoxy) is 2. The van der Waals surface area contributed by atoms with E-state index in [0.717, 1.165) is 0 Å². The van der Waals surface area contributed by atoms with Crippen molar-refractivity contribution in [1.29, 1.82) is 0 Å². The Balaban J connectivity index is 1.64. The number of amides is 1. The normalized spacial score (nSPS) is 12.3. The molecule has 1 aliphatic heterocycles. The predicted octanol–water partition coefficient (Wildman–Crippen LogP) is 4.59. The summed E-state index contributed by atoms with van der Waals surface area (Å²) in [5, 5.41) is 3.09. The Morgan fingerprint density at radius 3 is 2.14 bits per heavy atom. The molecule has 0 bridgehead atoms. The van der Waals surface area contributed by atoms with Crippen LogP contribution < -0.4 is 14.8 Å². The van der Waals surface area contributed by atoms with Gasteiger partial charge in [-0.25, -0.2) is 0 Å². The number of carbonyl (C=O) groups is 2. The minimum Gasteiger partial charge on any atom is -0.486 e. The lowest BCUT2D eigenvalue weighted by molar-refractivity contribution is 0.0996. The van der Waals surface area contributed by atoms with Gasteiger partial charge in [-0.05, 0) is 6.07 Å². The standard InChI is InChI=1S/C22H16ClNO4/c23-17-12-19-20(28-11-10-27-19)13-18(17)24-22(26)16-9-5-4-8-15(16)21(25)14-6-2-1-3-7-14/h1-9,12-13H,10-11H2,(H,24,26). The fraction of sp³-hybridized carbons (Fsp3) is 0.0909. The van der Waals surface area contributed by atoms with E-state index in [4.69, 9.17) is 21.1 Å². The van der Waals surface area contributed by atoms with Gasteiger partial charge in [-0.15, -0.1) is 0 Å². The van der Waals surface area contributed by atoms with Crippen LogP contribution >= 0.6 is 11.6 Å². The molecule has 0 saturated carbocycles. The molecule has 4 rings (SSSR count). The van der Waals surface area contributed by atoms with E-state index in [0.29, 0.717) is 46.5 Å². The summed E-state index contributed by atoms with van der Waals surface area (Å²) >= 11 is 6.27. The summed E-state index contributed by atoms with van der Waals surface area (Å²) < 4.78 is 11.0. The third kappa shape index (κ3) is 3.57. The van der Waals surface area contributed by atoms with Crippen LogP contribution in [0.2, 0.25) is 5.02 Å². The van der Waals surface area contributed by atoms with Gasteiger partial charge in [0.05, 0.1) is 16.3 Å². The van der Waals surface area contributed by atoms with Crippen LogP contribution in [0.15, 0.2) is 66.7 Å². The SMILES string of the molecule is O=C(Nc1cc2c(cc1Cl)OCCO2)c1ccccc1C(=O)c1ccccc1. The molecular weight excluding hydrogens is 378 g/mol. The van der Waals surface area contributed by atoms with Crippen molar-refractivity contribution in [3.05, 3.63) is 88.4 Å². The van der Waals surface area contributed by atoms with Gasteiger partial charge >= 0.3 is 0 Å². The van der Waals surface area contributed by atoms with Crippen molar-refractivity contribution in [2.24, 2.45) is 0 Å². The molecule has 0 fully saturated rings. The molecule has 1 amide bonds. The molecule has 0 saturated heterocycles. The van der Waals surface area contributed by atoms with Crippen molar-refractivity contribution in [3.8, 4) is 11.5 Å². The van der Waals surface area contributed by atoms with Crippen LogP contribution in [0.25, 0.3) is 0 Å². The van der Waals surface area contributed by atoms with Crippen LogP contribution in [0.5, 0.6) is 11.5 Å². The van der Waals surface area contributed by atoms with Crippen molar-refractivity contribution in [2.75, 3.05) is 18.5 Å². The molecule has 0 aliphatic carbocycles. The summed E-state index contributed by atoms with van der Waals surface area (Å²) in [6, 6.07) is 18.7. The molecule has 0 spiro atoms. The minimum absolute atomic E-state index is 0.223. The van der Waals surface area contributed by atoms with E-state index in [9.17, 15) is 9.59 Å². The van der Waals surface area contributed by atoms with Gasteiger partial charge in [0.15, 0.2) is 17.3 Å². The Morgan fingerprint density at radius 2 is 1.43 bits per heavy atom. The number of hydrogen-bond acceptors (Lipinski definition) is 4. The highest BCUT2D eigenvalue weighted by Gasteiger charge is 2.20. The first-order valence-electron chi connectivity index (χ1n) is 8.73. The summed E-state index contributed by atoms with van der Waals surface area (Å²) in [5.74, 6) is 0.395. The number of rotatable bonds is 4. The lowest BCUT2D eigenvalue weighted by Gasteiger charge is -2.20. The van der Waals surface area contributed by atoms with E-state index in [2.05, 4.69) is 5.32 Å². The fourth-order valence-electron chi connectivity index (χ4n) is 2.97. The lowest BCUT2D eigenvalue weighted by atomic mass is 9.98. The maximum atomic E-state index is 12.9. The first-order valence-corrected chi connectivity index (χ1v) is 9.10. The second-order valence-corrected chi connectivity index (χ2v) is 6.58. The average molecular weight is 394 g/mol. The fourth-order valence-corrected chi connectivity index (χ4v) is 3.17. The monoisotopic (exact) mass is 393 g/mol. The zero-order valence-electron chi connectivity index (χ0n) is 14.8. The molecule has 140 valence electrons. The Hall–Kier alpha value is -3.31. The third-order valence-electron chi connectivity index (χ3n) is 4.33. The largest absolute Gasteiger partial charge is 0.486 e. The molecule has 5 nitrogen and oxygen atoms in total. The molecule has 1 heterocycles. The molecule has 6 heteroatoms. The smallest absolute Gasteiger partial charge is 0.256 e. The van der Waals surface area contributed by atoms with Crippen LogP contribution in [0.4, 0.5) is 5.69 Å². The lowest BCUT2D eigenvalue weighted by Crippen LogP contribution is -2.18. The van der Waals surface area contributed by atoms with E-state index < -0.39 is 5.91 Å². The summed E-state index contributed by atoms with van der Waals surface area (Å²) in [7, 11) is 0. The summed E-state index contributed by atoms with van der Waals surface area (Å²) in [5.41, 5.74) is 1.49. The first kappa shape index (κ1) is 18.1. The zero-order chi connectivity index (χ0) is 19.5. The van der Waals surface area contributed by atoms with Crippen molar-refractivity contribution in [1.82, 2.24) is 0 Å². The highest BCUT2D eigenvalue weighted by atomic mass is 35.5. The Kier molecular flexibility index (Phi) is 5.00. The van der Waals surface area contributed by atoms with E-state index >= 15 is 0 Å². The molecule has 0 radical (unpaired) electrons. The van der Waals surface area contributed by atoms with Gasteiger partial charge in [-0.2, -0.15) is 0 Å². The molecule has 28 heavy (non-hydrogen) atoms. The highest BCUT2D eigenvalue weighted by molar-refractivity contribution is 6.34. The minimum atomic E-state index is -0.432. The molecule has 1 aliphatic rings. The maximum absolute atomic E-state index is 12.9. The van der Waals surface area contributed by atoms with Crippen LogP contribution in [0, 0.1) is 0 Å². The van der Waals surface area contributed by atoms with Gasteiger partial charge in [0, 0.05) is 23.3 Å². The van der Waals surface area contributed by atoms with Gasteiger partial charge in [-0.1, -0.05) is 60.1 Å². The Bertz CT molecular complexity index is 1050. The van der Waals surface area contributed by atoms with Gasteiger partial charge < -0.3 is 14.8 Å². The summed E-state index contributed by atoms with van der Waals surface area (Å²) in [6.07, 6.45) is 0. The number of anilines is 1. The molecule has 0 atom stereocenters. The van der Waals surface area contributed by atoms with Crippen molar-refractivity contribution in [3.63, 3.8) is 0 Å². The Labute approximate surface area is 166 Å². The van der Waals surface area contributed by atoms with Crippen molar-refractivity contribution >= 4 is 29.0 Å². The second kappa shape index (κ2) is 7.74. The zero-order valence-corrected chi connectivity index (χ0v) is 15.5. The third-order valence-corrected chi connectivity index (χ3v) is 4.65. The van der Waals surface area contributed by atoms with Crippen LogP contribution in [0.3, 0.4) is 0 Å². The van der Waals surface area contributed by atoms with Gasteiger partial charge in [0.2, 0.25) is 0 Å². The number of nitrogens with one attached hydrogen (secondary N) is 1. The molecule has 0 aromatic heterocycles. The summed E-state index contributed by atoms with van der Waals surface area (Å²) in [4.78, 5) is 25.7. The molecule has 0 unspecified atom stereocenters. The van der Waals surface area contributed by atoms with E-state index in [-0.39, 0.29) is 11.3 Å². The van der Waals surface area contributed by atoms with Crippen LogP contribution in [-0.2, 0) is 0 Å². The van der Waals surface area contributed by atoms with Crippen molar-refractivity contribution in [2.45, 2.75) is 0 Å². The van der Waals surface area contributed by atoms with Crippen LogP contribution in [-0.4, -0.2) is 24.9 Å². The number of halogens is 1. The number of ketones is 1. The number of benzene rings is 3. The summed E-state index contributed by atoms with van der Waals surface area (Å²) in [6.45, 7) is 0.875. The van der Waals surface area contributed by atoms with Crippen LogP contribution in [0.1, 0.15) is 26.3 Å². The van der Waals surface area contributed by atoms with Gasteiger partial charge in [0.1, 0.15) is 13.2 Å². The molecular formula is C22H16ClNO4. The second-order valence-electron chi connectivity index (χ2n) is 6.17.